The number of carbonyl (C=O) groups is 1. The van der Waals surface area contributed by atoms with E-state index in [1.54, 1.807) is 6.07 Å². The number of rotatable bonds is 7. The molecule has 2 aromatic rings. The van der Waals surface area contributed by atoms with E-state index in [1.165, 1.54) is 46.6 Å². The summed E-state index contributed by atoms with van der Waals surface area (Å²) in [4.78, 5) is 12.3. The Kier molecular flexibility index (Phi) is 8.12. The first kappa shape index (κ1) is 23.3. The second-order valence-corrected chi connectivity index (χ2v) is 6.40. The van der Waals surface area contributed by atoms with E-state index < -0.39 is 20.8 Å². The topological polar surface area (TPSA) is 111 Å². The van der Waals surface area contributed by atoms with Crippen molar-refractivity contribution in [3.63, 3.8) is 0 Å². The zero-order valence-corrected chi connectivity index (χ0v) is 18.4. The van der Waals surface area contributed by atoms with Crippen LogP contribution in [0.15, 0.2) is 35.2 Å². The third-order valence-electron chi connectivity index (χ3n) is 3.65. The van der Waals surface area contributed by atoms with E-state index in [2.05, 4.69) is 0 Å². The third-order valence-corrected chi connectivity index (χ3v) is 4.51. The average molecular weight is 404 g/mol. The number of benzene rings is 2. The minimum absolute atomic E-state index is 0. The van der Waals surface area contributed by atoms with Gasteiger partial charge in [0.1, 0.15) is 33.1 Å². The largest absolute Gasteiger partial charge is 1.00 e. The van der Waals surface area contributed by atoms with Gasteiger partial charge in [-0.1, -0.05) is 0 Å². The van der Waals surface area contributed by atoms with Crippen LogP contribution in [0.5, 0.6) is 23.0 Å². The summed E-state index contributed by atoms with van der Waals surface area (Å²) in [6, 6.07) is 6.64. The summed E-state index contributed by atoms with van der Waals surface area (Å²) in [5, 5.41) is 0. The molecule has 0 aliphatic carbocycles. The molecule has 0 N–H and O–H groups in total. The van der Waals surface area contributed by atoms with Crippen LogP contribution in [0.2, 0.25) is 0 Å². The SMILES string of the molecule is COc1ccc(C(=O)c2cc(S(=O)(=O)[O-])c(OC)cc2OC)c(OC)c1.[Na+]. The van der Waals surface area contributed by atoms with Crippen LogP contribution in [0.4, 0.5) is 0 Å². The molecule has 2 rings (SSSR count). The molecule has 0 radical (unpaired) electrons. The van der Waals surface area contributed by atoms with Crippen LogP contribution in [0.3, 0.4) is 0 Å². The first-order valence-corrected chi connectivity index (χ1v) is 8.66. The maximum Gasteiger partial charge on any atom is 1.00 e. The molecule has 0 unspecified atom stereocenters. The molecular weight excluding hydrogens is 387 g/mol. The summed E-state index contributed by atoms with van der Waals surface area (Å²) >= 11 is 0. The summed E-state index contributed by atoms with van der Waals surface area (Å²) in [6.07, 6.45) is 0. The molecule has 2 aromatic carbocycles. The van der Waals surface area contributed by atoms with E-state index in [9.17, 15) is 17.8 Å². The predicted molar refractivity (Wildman–Crippen MR) is 90.5 cm³/mol. The number of hydrogen-bond acceptors (Lipinski definition) is 8. The van der Waals surface area contributed by atoms with Crippen molar-refractivity contribution in [1.82, 2.24) is 0 Å². The van der Waals surface area contributed by atoms with Gasteiger partial charge in [0, 0.05) is 12.1 Å². The van der Waals surface area contributed by atoms with Gasteiger partial charge in [0.2, 0.25) is 5.78 Å². The summed E-state index contributed by atoms with van der Waals surface area (Å²) < 4.78 is 54.9. The minimum Gasteiger partial charge on any atom is -0.744 e. The first-order valence-electron chi connectivity index (χ1n) is 7.25. The van der Waals surface area contributed by atoms with Crippen molar-refractivity contribution >= 4 is 15.9 Å². The Morgan fingerprint density at radius 3 is 1.85 bits per heavy atom. The summed E-state index contributed by atoms with van der Waals surface area (Å²) in [7, 11) is 0.490. The van der Waals surface area contributed by atoms with Crippen molar-refractivity contribution in [3.8, 4) is 23.0 Å². The van der Waals surface area contributed by atoms with E-state index in [1.807, 2.05) is 0 Å². The monoisotopic (exact) mass is 404 g/mol. The van der Waals surface area contributed by atoms with Crippen molar-refractivity contribution in [2.45, 2.75) is 4.90 Å². The zero-order chi connectivity index (χ0) is 19.5. The van der Waals surface area contributed by atoms with Gasteiger partial charge in [0.05, 0.1) is 44.5 Å². The van der Waals surface area contributed by atoms with Crippen LogP contribution in [-0.2, 0) is 10.1 Å². The Hall–Kier alpha value is -1.78. The molecule has 0 aliphatic rings. The van der Waals surface area contributed by atoms with Crippen molar-refractivity contribution in [2.75, 3.05) is 28.4 Å². The van der Waals surface area contributed by atoms with Crippen molar-refractivity contribution in [1.29, 1.82) is 0 Å². The van der Waals surface area contributed by atoms with Gasteiger partial charge in [-0.3, -0.25) is 4.79 Å². The average Bonchev–Trinajstić information content (AvgIpc) is 2.64. The van der Waals surface area contributed by atoms with Gasteiger partial charge >= 0.3 is 29.6 Å². The summed E-state index contributed by atoms with van der Waals surface area (Å²) in [6.45, 7) is 0. The van der Waals surface area contributed by atoms with Gasteiger partial charge in [-0.05, 0) is 18.2 Å². The fourth-order valence-electron chi connectivity index (χ4n) is 2.37. The molecule has 0 aliphatic heterocycles. The molecule has 0 saturated heterocycles. The van der Waals surface area contributed by atoms with Gasteiger partial charge in [-0.2, -0.15) is 0 Å². The Labute approximate surface area is 179 Å². The molecule has 0 saturated carbocycles. The van der Waals surface area contributed by atoms with Gasteiger partial charge < -0.3 is 23.5 Å². The first-order chi connectivity index (χ1) is 12.3. The van der Waals surface area contributed by atoms with E-state index in [0.29, 0.717) is 5.75 Å². The minimum atomic E-state index is -4.87. The normalized spacial score (nSPS) is 10.6. The Balaban J connectivity index is 0.00000364. The molecule has 27 heavy (non-hydrogen) atoms. The van der Waals surface area contributed by atoms with Crippen LogP contribution in [-0.4, -0.2) is 47.2 Å². The number of ether oxygens (including phenoxy) is 4. The van der Waals surface area contributed by atoms with E-state index in [0.717, 1.165) is 6.07 Å². The fourth-order valence-corrected chi connectivity index (χ4v) is 3.02. The van der Waals surface area contributed by atoms with Crippen molar-refractivity contribution in [3.05, 3.63) is 41.5 Å². The maximum atomic E-state index is 12.9. The number of ketones is 1. The number of methoxy groups -OCH3 is 4. The molecule has 8 nitrogen and oxygen atoms in total. The molecule has 140 valence electrons. The Morgan fingerprint density at radius 2 is 1.37 bits per heavy atom. The van der Waals surface area contributed by atoms with Crippen LogP contribution in [0, 0.1) is 0 Å². The summed E-state index contributed by atoms with van der Waals surface area (Å²) in [5.74, 6) is -0.0530. The van der Waals surface area contributed by atoms with Crippen molar-refractivity contribution < 1.29 is 66.3 Å². The molecule has 0 atom stereocenters. The smallest absolute Gasteiger partial charge is 0.744 e. The Morgan fingerprint density at radius 1 is 0.815 bits per heavy atom. The molecule has 0 amide bonds. The van der Waals surface area contributed by atoms with Gasteiger partial charge in [0.15, 0.2) is 0 Å². The molecule has 0 bridgehead atoms. The van der Waals surface area contributed by atoms with Crippen LogP contribution in [0.1, 0.15) is 15.9 Å². The molecule has 0 heterocycles. The molecule has 0 aromatic heterocycles. The molecular formula is C17H17NaO8S. The van der Waals surface area contributed by atoms with E-state index in [4.69, 9.17) is 18.9 Å². The zero-order valence-electron chi connectivity index (χ0n) is 15.6. The second-order valence-electron chi connectivity index (χ2n) is 5.05. The number of carbonyl (C=O) groups excluding carboxylic acids is 1. The van der Waals surface area contributed by atoms with Crippen LogP contribution in [0.25, 0.3) is 0 Å². The van der Waals surface area contributed by atoms with Gasteiger partial charge in [-0.15, -0.1) is 0 Å². The second kappa shape index (κ2) is 9.43. The van der Waals surface area contributed by atoms with Gasteiger partial charge in [0.25, 0.3) is 0 Å². The van der Waals surface area contributed by atoms with Gasteiger partial charge in [-0.25, -0.2) is 8.42 Å². The number of hydrogen-bond donors (Lipinski definition) is 0. The van der Waals surface area contributed by atoms with Crippen LogP contribution < -0.4 is 48.5 Å². The standard InChI is InChI=1S/C17H18O8S.Na/c1-22-10-5-6-11(13(7-10)23-2)17(18)12-8-16(26(19,20)21)15(25-4)9-14(12)24-3;/h5-9H,1-4H3,(H,19,20,21);/q;+1/p-1. The quantitative estimate of drug-likeness (QED) is 0.324. The summed E-state index contributed by atoms with van der Waals surface area (Å²) in [5.41, 5.74) is 0.0252. The Bertz CT molecular complexity index is 940. The van der Waals surface area contributed by atoms with E-state index >= 15 is 0 Å². The third kappa shape index (κ3) is 4.94. The van der Waals surface area contributed by atoms with E-state index in [-0.39, 0.29) is 57.9 Å². The maximum absolute atomic E-state index is 12.9. The fraction of sp³-hybridized carbons (Fsp3) is 0.235. The molecule has 0 spiro atoms. The molecule has 10 heteroatoms. The van der Waals surface area contributed by atoms with Crippen LogP contribution >= 0.6 is 0 Å². The molecule has 0 fully saturated rings. The predicted octanol–water partition coefficient (Wildman–Crippen LogP) is -1.14. The van der Waals surface area contributed by atoms with Crippen molar-refractivity contribution in [2.24, 2.45) is 0 Å².